The summed E-state index contributed by atoms with van der Waals surface area (Å²) in [4.78, 5) is 3.86. The Morgan fingerprint density at radius 2 is 1.94 bits per heavy atom. The molecule has 5 nitrogen and oxygen atoms in total. The van der Waals surface area contributed by atoms with Crippen molar-refractivity contribution in [1.82, 2.24) is 9.71 Å². The van der Waals surface area contributed by atoms with Crippen LogP contribution in [0, 0.1) is 0 Å². The number of aromatic nitrogens is 1. The van der Waals surface area contributed by atoms with Crippen LogP contribution in [0.2, 0.25) is 0 Å². The molecule has 1 heterocycles. The fourth-order valence-corrected chi connectivity index (χ4v) is 3.28. The molecule has 94 valence electrons. The van der Waals surface area contributed by atoms with Crippen LogP contribution in [0.3, 0.4) is 0 Å². The molecule has 1 saturated carbocycles. The topological polar surface area (TPSA) is 85.1 Å². The van der Waals surface area contributed by atoms with Crippen molar-refractivity contribution in [3.63, 3.8) is 0 Å². The lowest BCUT2D eigenvalue weighted by atomic mass is 9.93. The normalized spacial score (nSPS) is 25.7. The fourth-order valence-electron chi connectivity index (χ4n) is 2.02. The van der Waals surface area contributed by atoms with E-state index >= 15 is 0 Å². The molecule has 2 rings (SSSR count). The van der Waals surface area contributed by atoms with E-state index in [1.54, 1.807) is 12.1 Å². The molecule has 6 heteroatoms. The molecule has 0 radical (unpaired) electrons. The van der Waals surface area contributed by atoms with E-state index in [-0.39, 0.29) is 17.1 Å². The monoisotopic (exact) mass is 255 g/mol. The average Bonchev–Trinajstić information content (AvgIpc) is 2.33. The molecule has 17 heavy (non-hydrogen) atoms. The second-order valence-electron chi connectivity index (χ2n) is 4.40. The standard InChI is InChI=1S/C11H17N3O2S/c12-9-4-6-10(7-5-9)14-17(15,16)11-3-1-2-8-13-11/h1-3,8-10,14H,4-7,12H2. The van der Waals surface area contributed by atoms with Gasteiger partial charge < -0.3 is 5.73 Å². The highest BCUT2D eigenvalue weighted by Gasteiger charge is 2.24. The molecule has 1 aliphatic carbocycles. The number of hydrogen-bond donors (Lipinski definition) is 2. The minimum absolute atomic E-state index is 0.0122. The van der Waals surface area contributed by atoms with E-state index in [0.29, 0.717) is 0 Å². The SMILES string of the molecule is NC1CCC(NS(=O)(=O)c2ccccn2)CC1. The number of nitrogens with zero attached hydrogens (tertiary/aromatic N) is 1. The Balaban J connectivity index is 2.03. The first-order valence-corrected chi connectivity index (χ1v) is 7.25. The zero-order chi connectivity index (χ0) is 12.3. The van der Waals surface area contributed by atoms with Gasteiger partial charge in [-0.15, -0.1) is 0 Å². The van der Waals surface area contributed by atoms with Gasteiger partial charge in [-0.2, -0.15) is 0 Å². The molecular formula is C11H17N3O2S. The molecule has 0 aliphatic heterocycles. The van der Waals surface area contributed by atoms with Crippen LogP contribution in [0.4, 0.5) is 0 Å². The van der Waals surface area contributed by atoms with E-state index in [0.717, 1.165) is 25.7 Å². The van der Waals surface area contributed by atoms with Gasteiger partial charge in [-0.1, -0.05) is 6.07 Å². The summed E-state index contributed by atoms with van der Waals surface area (Å²) in [7, 11) is -3.48. The predicted molar refractivity (Wildman–Crippen MR) is 64.8 cm³/mol. The second kappa shape index (κ2) is 5.12. The van der Waals surface area contributed by atoms with E-state index in [1.807, 2.05) is 0 Å². The molecular weight excluding hydrogens is 238 g/mol. The third kappa shape index (κ3) is 3.24. The van der Waals surface area contributed by atoms with Crippen molar-refractivity contribution in [3.05, 3.63) is 24.4 Å². The predicted octanol–water partition coefficient (Wildman–Crippen LogP) is 0.630. The first kappa shape index (κ1) is 12.5. The van der Waals surface area contributed by atoms with Crippen LogP contribution in [0.15, 0.2) is 29.4 Å². The molecule has 0 aromatic carbocycles. The molecule has 0 spiro atoms. The van der Waals surface area contributed by atoms with Crippen molar-refractivity contribution in [2.45, 2.75) is 42.8 Å². The number of nitrogens with two attached hydrogens (primary N) is 1. The zero-order valence-electron chi connectivity index (χ0n) is 9.54. The van der Waals surface area contributed by atoms with E-state index in [4.69, 9.17) is 5.73 Å². The Bertz CT molecular complexity index is 453. The summed E-state index contributed by atoms with van der Waals surface area (Å²) in [5.74, 6) is 0. The third-order valence-electron chi connectivity index (χ3n) is 3.01. The molecule has 1 aromatic rings. The molecule has 1 aliphatic rings. The molecule has 0 atom stereocenters. The Hall–Kier alpha value is -0.980. The van der Waals surface area contributed by atoms with Crippen molar-refractivity contribution in [1.29, 1.82) is 0 Å². The number of pyridine rings is 1. The van der Waals surface area contributed by atoms with E-state index < -0.39 is 10.0 Å². The van der Waals surface area contributed by atoms with Gasteiger partial charge in [-0.05, 0) is 37.8 Å². The van der Waals surface area contributed by atoms with Gasteiger partial charge in [-0.3, -0.25) is 0 Å². The highest BCUT2D eigenvalue weighted by Crippen LogP contribution is 2.18. The third-order valence-corrected chi connectivity index (χ3v) is 4.44. The van der Waals surface area contributed by atoms with Crippen LogP contribution in [0.25, 0.3) is 0 Å². The highest BCUT2D eigenvalue weighted by atomic mass is 32.2. The highest BCUT2D eigenvalue weighted by molar-refractivity contribution is 7.89. The van der Waals surface area contributed by atoms with Crippen molar-refractivity contribution in [2.24, 2.45) is 5.73 Å². The largest absolute Gasteiger partial charge is 0.328 e. The van der Waals surface area contributed by atoms with Crippen LogP contribution in [-0.2, 0) is 10.0 Å². The summed E-state index contributed by atoms with van der Waals surface area (Å²) < 4.78 is 26.6. The molecule has 0 bridgehead atoms. The Morgan fingerprint density at radius 1 is 1.24 bits per heavy atom. The smallest absolute Gasteiger partial charge is 0.258 e. The Kier molecular flexibility index (Phi) is 3.76. The van der Waals surface area contributed by atoms with Gasteiger partial charge in [0.25, 0.3) is 10.0 Å². The van der Waals surface area contributed by atoms with Crippen molar-refractivity contribution in [2.75, 3.05) is 0 Å². The van der Waals surface area contributed by atoms with E-state index in [9.17, 15) is 8.42 Å². The molecule has 0 amide bonds. The van der Waals surface area contributed by atoms with E-state index in [1.165, 1.54) is 12.3 Å². The lowest BCUT2D eigenvalue weighted by Crippen LogP contribution is -2.40. The quantitative estimate of drug-likeness (QED) is 0.829. The summed E-state index contributed by atoms with van der Waals surface area (Å²) in [5.41, 5.74) is 5.78. The van der Waals surface area contributed by atoms with Gasteiger partial charge in [0.05, 0.1) is 0 Å². The van der Waals surface area contributed by atoms with Crippen molar-refractivity contribution >= 4 is 10.0 Å². The van der Waals surface area contributed by atoms with Gasteiger partial charge in [0, 0.05) is 18.3 Å². The number of hydrogen-bond acceptors (Lipinski definition) is 4. The van der Waals surface area contributed by atoms with Crippen LogP contribution < -0.4 is 10.5 Å². The van der Waals surface area contributed by atoms with Gasteiger partial charge in [-0.25, -0.2) is 18.1 Å². The summed E-state index contributed by atoms with van der Waals surface area (Å²) in [5, 5.41) is 0.0786. The lowest BCUT2D eigenvalue weighted by Gasteiger charge is -2.26. The van der Waals surface area contributed by atoms with Gasteiger partial charge >= 0.3 is 0 Å². The fraction of sp³-hybridized carbons (Fsp3) is 0.545. The second-order valence-corrected chi connectivity index (χ2v) is 6.06. The Morgan fingerprint density at radius 3 is 2.53 bits per heavy atom. The maximum absolute atomic E-state index is 12.0. The molecule has 1 aromatic heterocycles. The summed E-state index contributed by atoms with van der Waals surface area (Å²) in [6, 6.07) is 5.06. The molecule has 0 saturated heterocycles. The van der Waals surface area contributed by atoms with E-state index in [2.05, 4.69) is 9.71 Å². The number of nitrogens with one attached hydrogen (secondary N) is 1. The molecule has 0 unspecified atom stereocenters. The first-order valence-electron chi connectivity index (χ1n) is 5.77. The molecule has 3 N–H and O–H groups in total. The maximum atomic E-state index is 12.0. The summed E-state index contributed by atoms with van der Waals surface area (Å²) in [6.07, 6.45) is 4.82. The van der Waals surface area contributed by atoms with Crippen LogP contribution in [0.1, 0.15) is 25.7 Å². The Labute approximate surface area is 101 Å². The maximum Gasteiger partial charge on any atom is 0.258 e. The number of sulfonamides is 1. The van der Waals surface area contributed by atoms with Crippen molar-refractivity contribution in [3.8, 4) is 0 Å². The van der Waals surface area contributed by atoms with Gasteiger partial charge in [0.1, 0.15) is 0 Å². The van der Waals surface area contributed by atoms with Crippen LogP contribution >= 0.6 is 0 Å². The van der Waals surface area contributed by atoms with Crippen molar-refractivity contribution < 1.29 is 8.42 Å². The van der Waals surface area contributed by atoms with Gasteiger partial charge in [0.15, 0.2) is 5.03 Å². The zero-order valence-corrected chi connectivity index (χ0v) is 10.4. The minimum atomic E-state index is -3.48. The van der Waals surface area contributed by atoms with Gasteiger partial charge in [0.2, 0.25) is 0 Å². The summed E-state index contributed by atoms with van der Waals surface area (Å²) in [6.45, 7) is 0. The summed E-state index contributed by atoms with van der Waals surface area (Å²) >= 11 is 0. The average molecular weight is 255 g/mol. The van der Waals surface area contributed by atoms with Crippen LogP contribution in [0.5, 0.6) is 0 Å². The lowest BCUT2D eigenvalue weighted by molar-refractivity contribution is 0.373. The van der Waals surface area contributed by atoms with Crippen LogP contribution in [-0.4, -0.2) is 25.5 Å². The molecule has 1 fully saturated rings. The first-order chi connectivity index (χ1) is 8.08. The number of rotatable bonds is 3. The minimum Gasteiger partial charge on any atom is -0.328 e.